The normalized spacial score (nSPS) is 11.6. The van der Waals surface area contributed by atoms with Crippen LogP contribution in [0.15, 0.2) is 89.1 Å². The second-order valence-corrected chi connectivity index (χ2v) is 10.2. The van der Waals surface area contributed by atoms with Gasteiger partial charge in [0.25, 0.3) is 0 Å². The summed E-state index contributed by atoms with van der Waals surface area (Å²) >= 11 is 2.72. The molecule has 0 radical (unpaired) electrons. The molecule has 3 aromatic carbocycles. The molecule has 1 heterocycles. The summed E-state index contributed by atoms with van der Waals surface area (Å²) in [5, 5.41) is 7.64. The first kappa shape index (κ1) is 25.6. The Labute approximate surface area is 218 Å². The van der Waals surface area contributed by atoms with Crippen LogP contribution in [0.3, 0.4) is 0 Å². The van der Waals surface area contributed by atoms with E-state index in [9.17, 15) is 14.0 Å². The zero-order chi connectivity index (χ0) is 25.3. The molecular weight excluding hydrogens is 493 g/mol. The summed E-state index contributed by atoms with van der Waals surface area (Å²) in [7, 11) is 0. The van der Waals surface area contributed by atoms with E-state index < -0.39 is 5.25 Å². The van der Waals surface area contributed by atoms with Gasteiger partial charge >= 0.3 is 0 Å². The first-order valence-electron chi connectivity index (χ1n) is 11.7. The number of anilines is 2. The maximum absolute atomic E-state index is 13.4. The van der Waals surface area contributed by atoms with Crippen LogP contribution in [0.2, 0.25) is 0 Å². The van der Waals surface area contributed by atoms with E-state index in [1.807, 2.05) is 60.0 Å². The number of nitrogens with one attached hydrogen (secondary N) is 2. The molecule has 0 aliphatic rings. The number of thioether (sulfide) groups is 1. The lowest BCUT2D eigenvalue weighted by atomic mass is 10.1. The molecule has 1 atom stereocenters. The Morgan fingerprint density at radius 1 is 1.00 bits per heavy atom. The number of unbranched alkanes of at least 4 members (excludes halogenated alkanes) is 1. The number of hydrogen-bond donors (Lipinski definition) is 2. The molecule has 0 aliphatic carbocycles. The maximum atomic E-state index is 13.4. The van der Waals surface area contributed by atoms with Crippen molar-refractivity contribution in [1.29, 1.82) is 0 Å². The van der Waals surface area contributed by atoms with Gasteiger partial charge in [0.1, 0.15) is 11.1 Å². The summed E-state index contributed by atoms with van der Waals surface area (Å²) in [5.41, 5.74) is 3.01. The minimum absolute atomic E-state index is 0.0166. The van der Waals surface area contributed by atoms with Crippen molar-refractivity contribution in [3.8, 4) is 11.3 Å². The third-order valence-corrected chi connectivity index (χ3v) is 7.35. The van der Waals surface area contributed by atoms with E-state index in [2.05, 4.69) is 22.5 Å². The number of amides is 2. The molecular formula is C28H26FN3O2S2. The second-order valence-electron chi connectivity index (χ2n) is 8.12. The van der Waals surface area contributed by atoms with Crippen LogP contribution in [0.25, 0.3) is 11.3 Å². The van der Waals surface area contributed by atoms with Gasteiger partial charge in [0.15, 0.2) is 5.13 Å². The van der Waals surface area contributed by atoms with Crippen molar-refractivity contribution < 1.29 is 14.0 Å². The van der Waals surface area contributed by atoms with Crippen LogP contribution >= 0.6 is 23.1 Å². The number of halogens is 1. The molecule has 0 saturated carbocycles. The van der Waals surface area contributed by atoms with Gasteiger partial charge in [-0.15, -0.1) is 23.1 Å². The van der Waals surface area contributed by atoms with E-state index in [0.717, 1.165) is 28.9 Å². The van der Waals surface area contributed by atoms with Gasteiger partial charge in [-0.25, -0.2) is 9.37 Å². The number of hydrogen-bond acceptors (Lipinski definition) is 5. The molecule has 4 rings (SSSR count). The van der Waals surface area contributed by atoms with Gasteiger partial charge in [0.2, 0.25) is 11.8 Å². The average Bonchev–Trinajstić information content (AvgIpc) is 3.35. The van der Waals surface area contributed by atoms with E-state index in [0.29, 0.717) is 22.9 Å². The van der Waals surface area contributed by atoms with Gasteiger partial charge in [0, 0.05) is 27.9 Å². The van der Waals surface area contributed by atoms with Crippen molar-refractivity contribution >= 4 is 45.7 Å². The molecule has 0 aliphatic heterocycles. The molecule has 0 spiro atoms. The lowest BCUT2D eigenvalue weighted by Crippen LogP contribution is -2.19. The number of benzene rings is 3. The molecule has 2 N–H and O–H groups in total. The predicted molar refractivity (Wildman–Crippen MR) is 146 cm³/mol. The Bertz CT molecular complexity index is 1310. The Balaban J connectivity index is 1.50. The monoisotopic (exact) mass is 519 g/mol. The number of aromatic nitrogens is 1. The van der Waals surface area contributed by atoms with Gasteiger partial charge in [0.05, 0.1) is 5.69 Å². The maximum Gasteiger partial charge on any atom is 0.244 e. The van der Waals surface area contributed by atoms with Crippen LogP contribution < -0.4 is 10.6 Å². The standard InChI is InChI=1S/C28H26FN3O2S2/c1-2-3-12-25(33)30-22-10-7-11-23(17-22)36-26(20-8-5-4-6-9-20)27(34)32-28-31-24(18-35-28)19-13-15-21(29)16-14-19/h4-11,13-18,26H,2-3,12H2,1H3,(H,30,33)(H,31,32,34). The minimum atomic E-state index is -0.532. The third-order valence-electron chi connectivity index (χ3n) is 5.34. The van der Waals surface area contributed by atoms with E-state index in [4.69, 9.17) is 0 Å². The van der Waals surface area contributed by atoms with Crippen LogP contribution in [0, 0.1) is 5.82 Å². The van der Waals surface area contributed by atoms with Crippen LogP contribution in [-0.4, -0.2) is 16.8 Å². The lowest BCUT2D eigenvalue weighted by Gasteiger charge is -2.17. The molecule has 2 amide bonds. The third kappa shape index (κ3) is 7.02. The summed E-state index contributed by atoms with van der Waals surface area (Å²) in [5.74, 6) is -0.532. The molecule has 1 unspecified atom stereocenters. The Hall–Kier alpha value is -3.49. The fraction of sp³-hybridized carbons (Fsp3) is 0.179. The highest BCUT2D eigenvalue weighted by atomic mass is 32.2. The van der Waals surface area contributed by atoms with E-state index in [-0.39, 0.29) is 17.6 Å². The Morgan fingerprint density at radius 3 is 2.53 bits per heavy atom. The number of carbonyl (C=O) groups excluding carboxylic acids is 2. The number of carbonyl (C=O) groups is 2. The quantitative estimate of drug-likeness (QED) is 0.212. The summed E-state index contributed by atoms with van der Waals surface area (Å²) in [6.45, 7) is 2.05. The molecule has 8 heteroatoms. The highest BCUT2D eigenvalue weighted by Crippen LogP contribution is 2.37. The Morgan fingerprint density at radius 2 is 1.78 bits per heavy atom. The van der Waals surface area contributed by atoms with Crippen molar-refractivity contribution in [2.75, 3.05) is 10.6 Å². The lowest BCUT2D eigenvalue weighted by molar-refractivity contribution is -0.116. The molecule has 4 aromatic rings. The molecule has 184 valence electrons. The first-order chi connectivity index (χ1) is 17.5. The van der Waals surface area contributed by atoms with Gasteiger partial charge in [-0.1, -0.05) is 49.7 Å². The molecule has 0 fully saturated rings. The van der Waals surface area contributed by atoms with Crippen molar-refractivity contribution in [3.05, 3.63) is 95.6 Å². The molecule has 36 heavy (non-hydrogen) atoms. The van der Waals surface area contributed by atoms with Crippen LogP contribution in [0.1, 0.15) is 37.0 Å². The number of thiazole rings is 1. The van der Waals surface area contributed by atoms with Crippen molar-refractivity contribution in [2.45, 2.75) is 36.3 Å². The fourth-order valence-electron chi connectivity index (χ4n) is 3.50. The van der Waals surface area contributed by atoms with Gasteiger partial charge in [-0.05, 0) is 54.4 Å². The molecule has 0 saturated heterocycles. The number of rotatable bonds is 10. The second kappa shape index (κ2) is 12.5. The first-order valence-corrected chi connectivity index (χ1v) is 13.4. The summed E-state index contributed by atoms with van der Waals surface area (Å²) in [6.07, 6.45) is 2.29. The van der Waals surface area contributed by atoms with Crippen LogP contribution in [0.5, 0.6) is 0 Å². The molecule has 5 nitrogen and oxygen atoms in total. The number of nitrogens with zero attached hydrogens (tertiary/aromatic N) is 1. The van der Waals surface area contributed by atoms with Gasteiger partial charge < -0.3 is 10.6 Å². The fourth-order valence-corrected chi connectivity index (χ4v) is 5.31. The topological polar surface area (TPSA) is 71.1 Å². The van der Waals surface area contributed by atoms with E-state index >= 15 is 0 Å². The van der Waals surface area contributed by atoms with Gasteiger partial charge in [-0.2, -0.15) is 0 Å². The smallest absolute Gasteiger partial charge is 0.244 e. The average molecular weight is 520 g/mol. The largest absolute Gasteiger partial charge is 0.326 e. The summed E-state index contributed by atoms with van der Waals surface area (Å²) in [4.78, 5) is 30.9. The SMILES string of the molecule is CCCCC(=O)Nc1cccc(SC(C(=O)Nc2nc(-c3ccc(F)cc3)cs2)c2ccccc2)c1. The predicted octanol–water partition coefficient (Wildman–Crippen LogP) is 7.55. The van der Waals surface area contributed by atoms with Crippen molar-refractivity contribution in [1.82, 2.24) is 4.98 Å². The summed E-state index contributed by atoms with van der Waals surface area (Å²) in [6, 6.07) is 23.1. The van der Waals surface area contributed by atoms with E-state index in [1.54, 1.807) is 12.1 Å². The van der Waals surface area contributed by atoms with Crippen LogP contribution in [0.4, 0.5) is 15.2 Å². The zero-order valence-corrected chi connectivity index (χ0v) is 21.4. The van der Waals surface area contributed by atoms with Gasteiger partial charge in [-0.3, -0.25) is 9.59 Å². The van der Waals surface area contributed by atoms with Crippen LogP contribution in [-0.2, 0) is 9.59 Å². The van der Waals surface area contributed by atoms with Crippen molar-refractivity contribution in [2.24, 2.45) is 0 Å². The Kier molecular flexibility index (Phi) is 8.86. The minimum Gasteiger partial charge on any atom is -0.326 e. The summed E-state index contributed by atoms with van der Waals surface area (Å²) < 4.78 is 13.2. The zero-order valence-electron chi connectivity index (χ0n) is 19.7. The molecule has 1 aromatic heterocycles. The molecule has 0 bridgehead atoms. The highest BCUT2D eigenvalue weighted by molar-refractivity contribution is 8.00. The van der Waals surface area contributed by atoms with Crippen molar-refractivity contribution in [3.63, 3.8) is 0 Å². The highest BCUT2D eigenvalue weighted by Gasteiger charge is 2.23. The van der Waals surface area contributed by atoms with E-state index in [1.165, 1.54) is 35.2 Å².